The number of anilines is 1. The Labute approximate surface area is 129 Å². The molecule has 2 atom stereocenters. The maximum absolute atomic E-state index is 4.55. The molecule has 1 aliphatic rings. The first kappa shape index (κ1) is 13.3. The highest BCUT2D eigenvalue weighted by Gasteiger charge is 2.31. The monoisotopic (exact) mass is 383 g/mol. The molecule has 0 spiro atoms. The molecule has 2 aromatic heterocycles. The van der Waals surface area contributed by atoms with Gasteiger partial charge in [0.2, 0.25) is 0 Å². The van der Waals surface area contributed by atoms with Gasteiger partial charge in [0, 0.05) is 34.8 Å². The molecular weight excluding hydrogens is 370 g/mol. The Morgan fingerprint density at radius 1 is 1.42 bits per heavy atom. The number of nitrogens with zero attached hydrogens (tertiary/aromatic N) is 3. The summed E-state index contributed by atoms with van der Waals surface area (Å²) in [6, 6.07) is 4.64. The summed E-state index contributed by atoms with van der Waals surface area (Å²) in [5.74, 6) is 0.707. The first-order chi connectivity index (χ1) is 9.20. The molecule has 0 bridgehead atoms. The number of halogens is 2. The van der Waals surface area contributed by atoms with Gasteiger partial charge in [0.15, 0.2) is 0 Å². The first-order valence-corrected chi connectivity index (χ1v) is 8.35. The highest BCUT2D eigenvalue weighted by atomic mass is 79.9. The van der Waals surface area contributed by atoms with Crippen LogP contribution in [0.3, 0.4) is 0 Å². The van der Waals surface area contributed by atoms with E-state index in [2.05, 4.69) is 59.7 Å². The largest absolute Gasteiger partial charge is 0.366 e. The normalized spacial score (nSPS) is 23.2. The van der Waals surface area contributed by atoms with E-state index >= 15 is 0 Å². The van der Waals surface area contributed by atoms with Crippen LogP contribution < -0.4 is 4.90 Å². The molecule has 5 heteroatoms. The van der Waals surface area contributed by atoms with E-state index in [0.717, 1.165) is 27.4 Å². The lowest BCUT2D eigenvalue weighted by Gasteiger charge is -2.27. The molecule has 3 nitrogen and oxygen atoms in total. The number of fused-ring (bicyclic) bond motifs is 1. The minimum atomic E-state index is 0.538. The highest BCUT2D eigenvalue weighted by Crippen LogP contribution is 2.34. The van der Waals surface area contributed by atoms with Crippen molar-refractivity contribution >= 4 is 48.6 Å². The van der Waals surface area contributed by atoms with E-state index < -0.39 is 0 Å². The number of aromatic nitrogens is 2. The lowest BCUT2D eigenvalue weighted by atomic mass is 10.0. The van der Waals surface area contributed by atoms with Gasteiger partial charge >= 0.3 is 0 Å². The zero-order valence-electron chi connectivity index (χ0n) is 10.7. The summed E-state index contributed by atoms with van der Waals surface area (Å²) < 4.78 is 0.969. The molecule has 0 N–H and O–H groups in total. The van der Waals surface area contributed by atoms with Crippen molar-refractivity contribution in [3.63, 3.8) is 0 Å². The minimum Gasteiger partial charge on any atom is -0.366 e. The van der Waals surface area contributed by atoms with Crippen LogP contribution in [0, 0.1) is 5.92 Å². The van der Waals surface area contributed by atoms with Gasteiger partial charge in [-0.25, -0.2) is 0 Å². The van der Waals surface area contributed by atoms with Gasteiger partial charge in [0.25, 0.3) is 0 Å². The van der Waals surface area contributed by atoms with Gasteiger partial charge in [-0.2, -0.15) is 0 Å². The number of rotatable bonds is 2. The van der Waals surface area contributed by atoms with E-state index in [0.29, 0.717) is 12.0 Å². The van der Waals surface area contributed by atoms with Crippen LogP contribution in [-0.2, 0) is 0 Å². The van der Waals surface area contributed by atoms with Gasteiger partial charge in [-0.15, -0.1) is 0 Å². The third kappa shape index (κ3) is 2.38. The fourth-order valence-electron chi connectivity index (χ4n) is 2.77. The molecule has 0 aliphatic carbocycles. The molecule has 0 radical (unpaired) electrons. The maximum atomic E-state index is 4.55. The van der Waals surface area contributed by atoms with Crippen molar-refractivity contribution in [2.45, 2.75) is 19.4 Å². The van der Waals surface area contributed by atoms with Crippen LogP contribution in [0.4, 0.5) is 5.69 Å². The molecule has 3 heterocycles. The van der Waals surface area contributed by atoms with Crippen molar-refractivity contribution in [1.29, 1.82) is 0 Å². The van der Waals surface area contributed by atoms with Crippen LogP contribution in [0.1, 0.15) is 13.3 Å². The summed E-state index contributed by atoms with van der Waals surface area (Å²) in [7, 11) is 0. The average molecular weight is 385 g/mol. The number of hydrogen-bond donors (Lipinski definition) is 0. The van der Waals surface area contributed by atoms with E-state index in [1.807, 2.05) is 18.5 Å². The number of pyridine rings is 2. The van der Waals surface area contributed by atoms with E-state index in [9.17, 15) is 0 Å². The first-order valence-electron chi connectivity index (χ1n) is 6.43. The van der Waals surface area contributed by atoms with Gasteiger partial charge < -0.3 is 4.90 Å². The van der Waals surface area contributed by atoms with Crippen molar-refractivity contribution in [1.82, 2.24) is 9.97 Å². The van der Waals surface area contributed by atoms with E-state index in [-0.39, 0.29) is 0 Å². The Kier molecular flexibility index (Phi) is 3.76. The van der Waals surface area contributed by atoms with Crippen LogP contribution in [0.15, 0.2) is 29.0 Å². The summed E-state index contributed by atoms with van der Waals surface area (Å²) in [5.41, 5.74) is 3.14. The summed E-state index contributed by atoms with van der Waals surface area (Å²) in [6.45, 7) is 3.41. The molecule has 19 heavy (non-hydrogen) atoms. The van der Waals surface area contributed by atoms with Gasteiger partial charge in [0.05, 0.1) is 11.2 Å². The molecule has 1 saturated heterocycles. The standard InChI is InChI=1S/C14H15Br2N3/c1-9-3-5-19(13(9)7-15)12-2-4-17-11-6-10(16)8-18-14(11)12/h2,4,6,8-9,13H,3,5,7H2,1H3. The molecule has 2 unspecified atom stereocenters. The minimum absolute atomic E-state index is 0.538. The van der Waals surface area contributed by atoms with Crippen LogP contribution in [0.5, 0.6) is 0 Å². The summed E-state index contributed by atoms with van der Waals surface area (Å²) in [5, 5.41) is 0.995. The lowest BCUT2D eigenvalue weighted by molar-refractivity contribution is 0.555. The van der Waals surface area contributed by atoms with Crippen molar-refractivity contribution in [3.8, 4) is 0 Å². The Balaban J connectivity index is 2.10. The van der Waals surface area contributed by atoms with E-state index in [4.69, 9.17) is 0 Å². The van der Waals surface area contributed by atoms with Crippen LogP contribution in [-0.4, -0.2) is 27.9 Å². The Morgan fingerprint density at radius 3 is 3.05 bits per heavy atom. The van der Waals surface area contributed by atoms with Gasteiger partial charge in [0.1, 0.15) is 5.52 Å². The van der Waals surface area contributed by atoms with E-state index in [1.54, 1.807) is 0 Å². The van der Waals surface area contributed by atoms with E-state index in [1.165, 1.54) is 12.1 Å². The van der Waals surface area contributed by atoms with Gasteiger partial charge in [-0.1, -0.05) is 22.9 Å². The van der Waals surface area contributed by atoms with Crippen LogP contribution in [0.25, 0.3) is 11.0 Å². The lowest BCUT2D eigenvalue weighted by Crippen LogP contribution is -2.33. The molecule has 100 valence electrons. The SMILES string of the molecule is CC1CCN(c2ccnc3cc(Br)cnc23)C1CBr. The number of alkyl halides is 1. The second-order valence-corrected chi connectivity index (χ2v) is 6.60. The topological polar surface area (TPSA) is 29.0 Å². The molecule has 0 saturated carbocycles. The molecule has 2 aromatic rings. The second-order valence-electron chi connectivity index (χ2n) is 5.03. The fraction of sp³-hybridized carbons (Fsp3) is 0.429. The van der Waals surface area contributed by atoms with Crippen molar-refractivity contribution in [3.05, 3.63) is 29.0 Å². The second kappa shape index (κ2) is 5.37. The van der Waals surface area contributed by atoms with Crippen molar-refractivity contribution in [2.24, 2.45) is 5.92 Å². The molecule has 1 aliphatic heterocycles. The quantitative estimate of drug-likeness (QED) is 0.732. The van der Waals surface area contributed by atoms with Gasteiger partial charge in [-0.05, 0) is 40.4 Å². The predicted octanol–water partition coefficient (Wildman–Crippen LogP) is 4.00. The van der Waals surface area contributed by atoms with Gasteiger partial charge in [-0.3, -0.25) is 9.97 Å². The Hall–Kier alpha value is -0.680. The third-order valence-electron chi connectivity index (χ3n) is 3.87. The van der Waals surface area contributed by atoms with Crippen molar-refractivity contribution < 1.29 is 0 Å². The molecular formula is C14H15Br2N3. The molecule has 3 rings (SSSR count). The van der Waals surface area contributed by atoms with Crippen LogP contribution >= 0.6 is 31.9 Å². The Bertz CT molecular complexity index is 602. The number of hydrogen-bond acceptors (Lipinski definition) is 3. The predicted molar refractivity (Wildman–Crippen MR) is 85.9 cm³/mol. The summed E-state index contributed by atoms with van der Waals surface area (Å²) in [6.07, 6.45) is 4.95. The highest BCUT2D eigenvalue weighted by molar-refractivity contribution is 9.10. The summed E-state index contributed by atoms with van der Waals surface area (Å²) in [4.78, 5) is 11.4. The third-order valence-corrected chi connectivity index (χ3v) is 4.97. The maximum Gasteiger partial charge on any atom is 0.112 e. The smallest absolute Gasteiger partial charge is 0.112 e. The fourth-order valence-corrected chi connectivity index (χ4v) is 4.07. The van der Waals surface area contributed by atoms with Crippen molar-refractivity contribution in [2.75, 3.05) is 16.8 Å². The molecule has 0 aromatic carbocycles. The zero-order chi connectivity index (χ0) is 13.4. The zero-order valence-corrected chi connectivity index (χ0v) is 13.9. The molecule has 1 fully saturated rings. The average Bonchev–Trinajstić information content (AvgIpc) is 2.78. The van der Waals surface area contributed by atoms with Crippen LogP contribution in [0.2, 0.25) is 0 Å². The Morgan fingerprint density at radius 2 is 2.26 bits per heavy atom. The molecule has 0 amide bonds. The summed E-state index contributed by atoms with van der Waals surface area (Å²) >= 11 is 7.10.